The lowest BCUT2D eigenvalue weighted by Gasteiger charge is -2.17. The zero-order valence-corrected chi connectivity index (χ0v) is 16.5. The number of nitrogens with zero attached hydrogens (tertiary/aromatic N) is 1. The van der Waals surface area contributed by atoms with E-state index in [9.17, 15) is 24.3 Å². The summed E-state index contributed by atoms with van der Waals surface area (Å²) in [5, 5.41) is 37.1. The molecule has 1 aromatic carbocycles. The lowest BCUT2D eigenvalue weighted by Crippen LogP contribution is -2.32. The monoisotopic (exact) mass is 429 g/mol. The van der Waals surface area contributed by atoms with Gasteiger partial charge in [-0.3, -0.25) is 14.4 Å². The summed E-state index contributed by atoms with van der Waals surface area (Å²) in [6.45, 7) is 1.66. The van der Waals surface area contributed by atoms with E-state index in [4.69, 9.17) is 33.3 Å². The Kier molecular flexibility index (Phi) is 10.4. The highest BCUT2D eigenvalue weighted by Crippen LogP contribution is 2.19. The molecule has 0 radical (unpaired) electrons. The van der Waals surface area contributed by atoms with Crippen LogP contribution in [0.2, 0.25) is 0 Å². The van der Waals surface area contributed by atoms with Gasteiger partial charge < -0.3 is 36.4 Å². The van der Waals surface area contributed by atoms with Gasteiger partial charge in [0.1, 0.15) is 6.04 Å². The number of nitrogens with one attached hydrogen (secondary N) is 1. The number of carboxylic acids is 3. The summed E-state index contributed by atoms with van der Waals surface area (Å²) in [5.41, 5.74) is 3.43. The molecule has 2 atom stereocenters. The first-order valence-corrected chi connectivity index (χ1v) is 8.46. The third-order valence-corrected chi connectivity index (χ3v) is 3.85. The summed E-state index contributed by atoms with van der Waals surface area (Å²) in [7, 11) is 1.78. The normalized spacial score (nSPS) is 15.5. The highest BCUT2D eigenvalue weighted by Gasteiger charge is 2.31. The maximum atomic E-state index is 10.6. The van der Waals surface area contributed by atoms with Crippen LogP contribution in [0.15, 0.2) is 30.3 Å². The molecule has 1 saturated heterocycles. The molecular weight excluding hydrogens is 406 g/mol. The smallest absolute Gasteiger partial charge is 0.340 e. The van der Waals surface area contributed by atoms with E-state index in [1.54, 1.807) is 42.3 Å². The molecule has 1 unspecified atom stereocenters. The quantitative estimate of drug-likeness (QED) is 0.321. The molecule has 0 spiro atoms. The van der Waals surface area contributed by atoms with Crippen molar-refractivity contribution in [1.82, 2.24) is 10.2 Å². The second kappa shape index (κ2) is 11.7. The fourth-order valence-electron chi connectivity index (χ4n) is 1.70. The molecule has 11 nitrogen and oxygen atoms in total. The van der Waals surface area contributed by atoms with Gasteiger partial charge in [-0.2, -0.15) is 0 Å². The van der Waals surface area contributed by atoms with Crippen molar-refractivity contribution < 1.29 is 39.6 Å². The molecule has 1 amide bonds. The van der Waals surface area contributed by atoms with E-state index in [0.29, 0.717) is 17.2 Å². The van der Waals surface area contributed by atoms with Gasteiger partial charge in [0, 0.05) is 7.05 Å². The number of likely N-dealkylation sites (N-methyl/N-ethyl adjacent to an activating group) is 1. The van der Waals surface area contributed by atoms with Gasteiger partial charge in [-0.1, -0.05) is 30.3 Å². The first-order valence-electron chi connectivity index (χ1n) is 8.05. The molecule has 0 aliphatic carbocycles. The molecule has 0 aromatic heterocycles. The molecule has 0 bridgehead atoms. The van der Waals surface area contributed by atoms with Gasteiger partial charge in [-0.15, -0.1) is 0 Å². The molecule has 1 aliphatic heterocycles. The van der Waals surface area contributed by atoms with Crippen molar-refractivity contribution in [1.29, 1.82) is 0 Å². The van der Waals surface area contributed by atoms with E-state index in [0.717, 1.165) is 0 Å². The molecule has 12 heteroatoms. The molecule has 29 heavy (non-hydrogen) atoms. The second-order valence-electron chi connectivity index (χ2n) is 6.00. The number of benzene rings is 1. The predicted octanol–water partition coefficient (Wildman–Crippen LogP) is -0.815. The number of aliphatic carboxylic acids is 3. The average Bonchev–Trinajstić information content (AvgIpc) is 2.91. The number of amides is 1. The number of thiocarbonyl (C=S) groups is 1. The molecule has 0 saturated carbocycles. The van der Waals surface area contributed by atoms with Gasteiger partial charge in [0.2, 0.25) is 5.91 Å². The predicted molar refractivity (Wildman–Crippen MR) is 105 cm³/mol. The van der Waals surface area contributed by atoms with Crippen LogP contribution in [0.1, 0.15) is 18.9 Å². The van der Waals surface area contributed by atoms with Crippen molar-refractivity contribution >= 4 is 41.1 Å². The topological polar surface area (TPSA) is 190 Å². The Morgan fingerprint density at radius 1 is 1.24 bits per heavy atom. The van der Waals surface area contributed by atoms with Crippen LogP contribution < -0.4 is 11.1 Å². The van der Waals surface area contributed by atoms with Crippen LogP contribution >= 0.6 is 12.2 Å². The molecule has 1 fully saturated rings. The minimum atomic E-state index is -1.79. The van der Waals surface area contributed by atoms with Crippen LogP contribution in [0.3, 0.4) is 0 Å². The number of carbonyl (C=O) groups excluding carboxylic acids is 1. The fraction of sp³-hybridized carbons (Fsp3) is 0.353. The summed E-state index contributed by atoms with van der Waals surface area (Å²) in [4.78, 5) is 42.3. The number of carbonyl (C=O) groups is 4. The van der Waals surface area contributed by atoms with E-state index in [2.05, 4.69) is 5.32 Å². The third kappa shape index (κ3) is 9.60. The third-order valence-electron chi connectivity index (χ3n) is 3.44. The number of nitrogens with two attached hydrogens (primary N) is 1. The number of aliphatic hydroxyl groups is 1. The van der Waals surface area contributed by atoms with Crippen molar-refractivity contribution in [3.05, 3.63) is 35.9 Å². The molecule has 1 aliphatic rings. The highest BCUT2D eigenvalue weighted by atomic mass is 32.1. The number of rotatable bonds is 5. The van der Waals surface area contributed by atoms with Crippen molar-refractivity contribution in [2.75, 3.05) is 13.6 Å². The Balaban J connectivity index is 0.000000416. The standard InChI is InChI=1S/C9H10O3.C4H6N2OS.C4H7NO4/c1-9(12,8(10)11)7-5-3-2-4-6-7;1-6-2-3(7)5-4(6)8;5-2(4(8)9)1-3(6)7/h2-6,12H,1H3,(H,10,11);2H2,1H3,(H,5,7,8);2H,1,5H2,(H,6,7)(H,8,9)/t9-;;/m1../s1. The number of hydrogen-bond donors (Lipinski definition) is 6. The van der Waals surface area contributed by atoms with E-state index in [1.807, 2.05) is 0 Å². The molecular formula is C17H23N3O8S. The van der Waals surface area contributed by atoms with E-state index in [1.165, 1.54) is 6.92 Å². The van der Waals surface area contributed by atoms with Crippen LogP contribution in [0.4, 0.5) is 0 Å². The van der Waals surface area contributed by atoms with E-state index < -0.39 is 36.0 Å². The SMILES string of the molecule is CN1CC(=O)NC1=S.C[C@](O)(C(=O)O)c1ccccc1.NC(CC(=O)O)C(=O)O. The van der Waals surface area contributed by atoms with Crippen molar-refractivity contribution in [2.45, 2.75) is 25.0 Å². The fourth-order valence-corrected chi connectivity index (χ4v) is 1.88. The molecule has 160 valence electrons. The lowest BCUT2D eigenvalue weighted by molar-refractivity contribution is -0.157. The van der Waals surface area contributed by atoms with Crippen LogP contribution in [-0.2, 0) is 24.8 Å². The van der Waals surface area contributed by atoms with Crippen LogP contribution in [0.5, 0.6) is 0 Å². The van der Waals surface area contributed by atoms with Crippen molar-refractivity contribution in [2.24, 2.45) is 5.73 Å². The summed E-state index contributed by atoms with van der Waals surface area (Å²) in [6, 6.07) is 7.01. The zero-order chi connectivity index (χ0) is 22.8. The van der Waals surface area contributed by atoms with Crippen molar-refractivity contribution in [3.63, 3.8) is 0 Å². The molecule has 1 heterocycles. The second-order valence-corrected chi connectivity index (χ2v) is 6.38. The Bertz CT molecular complexity index is 754. The Morgan fingerprint density at radius 2 is 1.76 bits per heavy atom. The van der Waals surface area contributed by atoms with Gasteiger partial charge in [0.05, 0.1) is 13.0 Å². The van der Waals surface area contributed by atoms with Crippen molar-refractivity contribution in [3.8, 4) is 0 Å². The minimum absolute atomic E-state index is 0.0162. The first-order chi connectivity index (χ1) is 13.3. The Morgan fingerprint density at radius 3 is 2.00 bits per heavy atom. The van der Waals surface area contributed by atoms with E-state index >= 15 is 0 Å². The molecule has 1 aromatic rings. The van der Waals surface area contributed by atoms with Gasteiger partial charge in [-0.25, -0.2) is 4.79 Å². The summed E-state index contributed by atoms with van der Waals surface area (Å²) in [5.74, 6) is -3.76. The average molecular weight is 429 g/mol. The first kappa shape index (κ1) is 25.9. The van der Waals surface area contributed by atoms with Gasteiger partial charge in [0.15, 0.2) is 10.7 Å². The summed E-state index contributed by atoms with van der Waals surface area (Å²) >= 11 is 4.71. The Labute approximate surface area is 171 Å². The van der Waals surface area contributed by atoms with Gasteiger partial charge in [-0.05, 0) is 24.7 Å². The lowest BCUT2D eigenvalue weighted by atomic mass is 9.97. The largest absolute Gasteiger partial charge is 0.481 e. The summed E-state index contributed by atoms with van der Waals surface area (Å²) in [6.07, 6.45) is -0.532. The summed E-state index contributed by atoms with van der Waals surface area (Å²) < 4.78 is 0. The zero-order valence-electron chi connectivity index (χ0n) is 15.7. The maximum Gasteiger partial charge on any atom is 0.340 e. The minimum Gasteiger partial charge on any atom is -0.481 e. The van der Waals surface area contributed by atoms with Gasteiger partial charge >= 0.3 is 17.9 Å². The number of carboxylic acid groups (broad SMARTS) is 3. The highest BCUT2D eigenvalue weighted by molar-refractivity contribution is 7.80. The molecule has 2 rings (SSSR count). The molecule has 7 N–H and O–H groups in total. The van der Waals surface area contributed by atoms with Crippen LogP contribution in [-0.4, -0.2) is 73.9 Å². The van der Waals surface area contributed by atoms with Crippen LogP contribution in [0, 0.1) is 0 Å². The van der Waals surface area contributed by atoms with Crippen LogP contribution in [0.25, 0.3) is 0 Å². The van der Waals surface area contributed by atoms with Gasteiger partial charge in [0.25, 0.3) is 0 Å². The number of hydrogen-bond acceptors (Lipinski definition) is 7. The van der Waals surface area contributed by atoms with E-state index in [-0.39, 0.29) is 5.91 Å². The maximum absolute atomic E-state index is 10.6. The Hall–Kier alpha value is -3.09.